The number of phenolic OH excluding ortho intramolecular Hbond substituents is 3. The highest BCUT2D eigenvalue weighted by molar-refractivity contribution is 5.89. The fraction of sp³-hybridized carbons (Fsp3) is 0.250. The highest BCUT2D eigenvalue weighted by atomic mass is 19.4. The SMILES string of the molecule is O=c1cc(-c2ccc(O)cc2)oc2c(CN3CCN(Cc4ccc(C(F)(F)F)cc4)CC3)c(O)cc(O)c12. The summed E-state index contributed by atoms with van der Waals surface area (Å²) in [4.78, 5) is 17.1. The Balaban J connectivity index is 1.34. The van der Waals surface area contributed by atoms with Gasteiger partial charge in [0, 0.05) is 57.0 Å². The van der Waals surface area contributed by atoms with E-state index in [-0.39, 0.29) is 40.5 Å². The molecule has 0 spiro atoms. The largest absolute Gasteiger partial charge is 0.508 e. The van der Waals surface area contributed by atoms with Gasteiger partial charge in [-0.05, 0) is 42.0 Å². The van der Waals surface area contributed by atoms with Crippen LogP contribution in [0.15, 0.2) is 69.9 Å². The van der Waals surface area contributed by atoms with Crippen molar-refractivity contribution in [1.29, 1.82) is 0 Å². The number of alkyl halides is 3. The molecule has 1 aliphatic heterocycles. The summed E-state index contributed by atoms with van der Waals surface area (Å²) < 4.78 is 44.5. The summed E-state index contributed by atoms with van der Waals surface area (Å²) in [5, 5.41) is 30.6. The third-order valence-electron chi connectivity index (χ3n) is 6.75. The van der Waals surface area contributed by atoms with Gasteiger partial charge in [-0.1, -0.05) is 12.1 Å². The van der Waals surface area contributed by atoms with Crippen molar-refractivity contribution >= 4 is 11.0 Å². The molecule has 0 radical (unpaired) electrons. The Kier molecular flexibility index (Phi) is 6.77. The second-order valence-electron chi connectivity index (χ2n) is 9.37. The number of aromatic hydroxyl groups is 3. The zero-order valence-corrected chi connectivity index (χ0v) is 20.2. The van der Waals surface area contributed by atoms with Crippen LogP contribution in [0, 0.1) is 0 Å². The zero-order chi connectivity index (χ0) is 27.0. The maximum Gasteiger partial charge on any atom is 0.416 e. The minimum absolute atomic E-state index is 0.0266. The molecule has 1 saturated heterocycles. The number of phenols is 3. The van der Waals surface area contributed by atoms with E-state index in [2.05, 4.69) is 9.80 Å². The molecule has 4 aromatic rings. The zero-order valence-electron chi connectivity index (χ0n) is 20.2. The van der Waals surface area contributed by atoms with Crippen molar-refractivity contribution in [3.8, 4) is 28.6 Å². The van der Waals surface area contributed by atoms with Crippen molar-refractivity contribution in [2.24, 2.45) is 0 Å². The summed E-state index contributed by atoms with van der Waals surface area (Å²) in [6.45, 7) is 3.32. The first-order chi connectivity index (χ1) is 18.1. The van der Waals surface area contributed by atoms with E-state index in [1.54, 1.807) is 12.1 Å². The number of hydrogen-bond acceptors (Lipinski definition) is 7. The van der Waals surface area contributed by atoms with Gasteiger partial charge in [-0.15, -0.1) is 0 Å². The maximum atomic E-state index is 12.9. The van der Waals surface area contributed by atoms with Crippen LogP contribution >= 0.6 is 0 Å². The maximum absolute atomic E-state index is 12.9. The molecule has 5 rings (SSSR count). The predicted molar refractivity (Wildman–Crippen MR) is 135 cm³/mol. The molecular weight excluding hydrogens is 501 g/mol. The highest BCUT2D eigenvalue weighted by Crippen LogP contribution is 2.36. The first-order valence-corrected chi connectivity index (χ1v) is 12.0. The third kappa shape index (κ3) is 5.32. The molecule has 0 aliphatic carbocycles. The van der Waals surface area contributed by atoms with Crippen LogP contribution in [0.4, 0.5) is 13.2 Å². The summed E-state index contributed by atoms with van der Waals surface area (Å²) in [6.07, 6.45) is -4.36. The number of fused-ring (bicyclic) bond motifs is 1. The van der Waals surface area contributed by atoms with Gasteiger partial charge in [-0.3, -0.25) is 14.6 Å². The number of piperazine rings is 1. The van der Waals surface area contributed by atoms with Gasteiger partial charge in [-0.2, -0.15) is 13.2 Å². The summed E-state index contributed by atoms with van der Waals surface area (Å²) in [6, 6.07) is 13.7. The second-order valence-corrected chi connectivity index (χ2v) is 9.37. The molecule has 1 fully saturated rings. The van der Waals surface area contributed by atoms with Crippen LogP contribution in [0.2, 0.25) is 0 Å². The molecule has 0 bridgehead atoms. The lowest BCUT2D eigenvalue weighted by Gasteiger charge is -2.35. The molecular formula is C28H25F3N2O5. The molecule has 0 saturated carbocycles. The molecule has 10 heteroatoms. The van der Waals surface area contributed by atoms with E-state index in [4.69, 9.17) is 4.42 Å². The number of benzene rings is 3. The summed E-state index contributed by atoms with van der Waals surface area (Å²) in [5.41, 5.74) is 0.656. The van der Waals surface area contributed by atoms with Crippen LogP contribution in [0.3, 0.4) is 0 Å². The van der Waals surface area contributed by atoms with Crippen molar-refractivity contribution < 1.29 is 32.9 Å². The smallest absolute Gasteiger partial charge is 0.416 e. The van der Waals surface area contributed by atoms with Crippen molar-refractivity contribution in [2.45, 2.75) is 19.3 Å². The molecule has 0 atom stereocenters. The Labute approximate surface area is 215 Å². The van der Waals surface area contributed by atoms with Gasteiger partial charge < -0.3 is 19.7 Å². The molecule has 3 aromatic carbocycles. The van der Waals surface area contributed by atoms with Crippen molar-refractivity contribution in [1.82, 2.24) is 9.80 Å². The monoisotopic (exact) mass is 526 g/mol. The molecule has 1 aromatic heterocycles. The lowest BCUT2D eigenvalue weighted by atomic mass is 10.1. The molecule has 38 heavy (non-hydrogen) atoms. The van der Waals surface area contributed by atoms with Crippen LogP contribution in [0.1, 0.15) is 16.7 Å². The van der Waals surface area contributed by atoms with E-state index in [0.717, 1.165) is 23.8 Å². The predicted octanol–water partition coefficient (Wildman–Crippen LogP) is 4.91. The first kappa shape index (κ1) is 25.6. The van der Waals surface area contributed by atoms with Crippen LogP contribution in [-0.4, -0.2) is 51.3 Å². The van der Waals surface area contributed by atoms with Gasteiger partial charge in [0.05, 0.1) is 11.1 Å². The molecule has 198 valence electrons. The summed E-state index contributed by atoms with van der Waals surface area (Å²) in [7, 11) is 0. The Morgan fingerprint density at radius 3 is 2.00 bits per heavy atom. The van der Waals surface area contributed by atoms with E-state index < -0.39 is 17.2 Å². The third-order valence-corrected chi connectivity index (χ3v) is 6.75. The number of hydrogen-bond donors (Lipinski definition) is 3. The highest BCUT2D eigenvalue weighted by Gasteiger charge is 2.30. The average Bonchev–Trinajstić information content (AvgIpc) is 2.87. The van der Waals surface area contributed by atoms with E-state index >= 15 is 0 Å². The van der Waals surface area contributed by atoms with Crippen LogP contribution in [0.25, 0.3) is 22.3 Å². The summed E-state index contributed by atoms with van der Waals surface area (Å²) >= 11 is 0. The fourth-order valence-corrected chi connectivity index (χ4v) is 4.66. The van der Waals surface area contributed by atoms with Gasteiger partial charge in [-0.25, -0.2) is 0 Å². The Morgan fingerprint density at radius 2 is 1.39 bits per heavy atom. The van der Waals surface area contributed by atoms with Crippen molar-refractivity contribution in [3.63, 3.8) is 0 Å². The van der Waals surface area contributed by atoms with Gasteiger partial charge in [0.15, 0.2) is 11.0 Å². The average molecular weight is 527 g/mol. The number of nitrogens with zero attached hydrogens (tertiary/aromatic N) is 2. The first-order valence-electron chi connectivity index (χ1n) is 12.0. The molecule has 3 N–H and O–H groups in total. The van der Waals surface area contributed by atoms with E-state index in [1.165, 1.54) is 30.3 Å². The van der Waals surface area contributed by atoms with Gasteiger partial charge in [0.25, 0.3) is 0 Å². The lowest BCUT2D eigenvalue weighted by molar-refractivity contribution is -0.137. The minimum atomic E-state index is -4.36. The lowest BCUT2D eigenvalue weighted by Crippen LogP contribution is -2.45. The number of halogens is 3. The molecule has 2 heterocycles. The standard InChI is InChI=1S/C28H25F3N2O5/c29-28(30,31)19-5-1-17(2-6-19)15-32-9-11-33(12-10-32)16-21-22(35)13-23(36)26-24(37)14-25(38-27(21)26)18-3-7-20(34)8-4-18/h1-8,13-14,34-36H,9-12,15-16H2. The Hall–Kier alpha value is -4.02. The van der Waals surface area contributed by atoms with Gasteiger partial charge in [0.1, 0.15) is 28.4 Å². The second kappa shape index (κ2) is 10.0. The van der Waals surface area contributed by atoms with Crippen LogP contribution < -0.4 is 5.43 Å². The van der Waals surface area contributed by atoms with E-state index in [1.807, 2.05) is 0 Å². The summed E-state index contributed by atoms with van der Waals surface area (Å²) in [5.74, 6) is -0.290. The number of rotatable bonds is 5. The van der Waals surface area contributed by atoms with Crippen LogP contribution in [-0.2, 0) is 19.3 Å². The fourth-order valence-electron chi connectivity index (χ4n) is 4.66. The Morgan fingerprint density at radius 1 is 0.789 bits per heavy atom. The van der Waals surface area contributed by atoms with E-state index in [0.29, 0.717) is 43.9 Å². The molecule has 0 unspecified atom stereocenters. The normalized spacial score (nSPS) is 15.2. The van der Waals surface area contributed by atoms with Gasteiger partial charge in [0.2, 0.25) is 0 Å². The topological polar surface area (TPSA) is 97.4 Å². The molecule has 1 aliphatic rings. The molecule has 7 nitrogen and oxygen atoms in total. The van der Waals surface area contributed by atoms with Gasteiger partial charge >= 0.3 is 6.18 Å². The van der Waals surface area contributed by atoms with Crippen molar-refractivity contribution in [2.75, 3.05) is 26.2 Å². The quantitative estimate of drug-likeness (QED) is 0.340. The van der Waals surface area contributed by atoms with E-state index in [9.17, 15) is 33.3 Å². The van der Waals surface area contributed by atoms with Crippen molar-refractivity contribution in [3.05, 3.63) is 87.6 Å². The minimum Gasteiger partial charge on any atom is -0.508 e. The molecule has 0 amide bonds. The Bertz CT molecular complexity index is 1510. The van der Waals surface area contributed by atoms with Crippen LogP contribution in [0.5, 0.6) is 17.2 Å².